The maximum atomic E-state index is 16.1. The van der Waals surface area contributed by atoms with Crippen molar-refractivity contribution in [2.45, 2.75) is 42.5 Å². The molecule has 60 heavy (non-hydrogen) atoms. The molecule has 0 radical (unpaired) electrons. The number of carbonyl (C=O) groups is 1. The number of hydrogen-bond acceptors (Lipinski definition) is 13. The highest BCUT2D eigenvalue weighted by atomic mass is 32.2. The lowest BCUT2D eigenvalue weighted by Gasteiger charge is -2.40. The normalized spacial score (nSPS) is 17.1. The van der Waals surface area contributed by atoms with Crippen LogP contribution in [-0.2, 0) is 51.1 Å². The van der Waals surface area contributed by atoms with Crippen molar-refractivity contribution in [3.05, 3.63) is 162 Å². The van der Waals surface area contributed by atoms with E-state index in [4.69, 9.17) is 33.0 Å². The molecule has 0 amide bonds. The van der Waals surface area contributed by atoms with Gasteiger partial charge in [0.1, 0.15) is 30.1 Å². The minimum Gasteiger partial charge on any atom is -0.447 e. The first kappa shape index (κ1) is 45.5. The number of phosphoric ester groups is 1. The summed E-state index contributed by atoms with van der Waals surface area (Å²) in [7, 11) is -4.24. The Morgan fingerprint density at radius 1 is 1.00 bits per heavy atom. The molecular weight excluding hydrogens is 823 g/mol. The molecule has 2 unspecified atom stereocenters. The number of nitriles is 2. The maximum absolute atomic E-state index is 16.1. The third-order valence-corrected chi connectivity index (χ3v) is 11.6. The van der Waals surface area contributed by atoms with E-state index in [0.29, 0.717) is 11.6 Å². The van der Waals surface area contributed by atoms with Crippen LogP contribution in [0.5, 0.6) is 0 Å². The highest BCUT2D eigenvalue weighted by Crippen LogP contribution is 2.50. The molecule has 0 spiro atoms. The van der Waals surface area contributed by atoms with Gasteiger partial charge in [-0.1, -0.05) is 36.4 Å². The molecule has 1 aliphatic rings. The third kappa shape index (κ3) is 12.0. The number of phosphoric acid groups is 1. The van der Waals surface area contributed by atoms with E-state index in [-0.39, 0.29) is 66.0 Å². The van der Waals surface area contributed by atoms with Gasteiger partial charge in [-0.3, -0.25) is 13.6 Å². The molecule has 0 aliphatic carbocycles. The van der Waals surface area contributed by atoms with E-state index in [1.807, 2.05) is 12.1 Å². The molecule has 3 aromatic carbocycles. The van der Waals surface area contributed by atoms with Crippen molar-refractivity contribution in [2.75, 3.05) is 26.4 Å². The van der Waals surface area contributed by atoms with Gasteiger partial charge in [0.25, 0.3) is 0 Å². The van der Waals surface area contributed by atoms with Gasteiger partial charge in [-0.05, 0) is 61.0 Å². The average molecular weight is 862 g/mol. The molecule has 1 aliphatic heterocycles. The van der Waals surface area contributed by atoms with Crippen LogP contribution < -0.4 is 0 Å². The summed E-state index contributed by atoms with van der Waals surface area (Å²) < 4.78 is 93.8. The smallest absolute Gasteiger partial charge is 0.447 e. The molecule has 0 bridgehead atoms. The number of esters is 1. The fourth-order valence-electron chi connectivity index (χ4n) is 5.88. The lowest BCUT2D eigenvalue weighted by atomic mass is 9.89. The second-order valence-electron chi connectivity index (χ2n) is 12.9. The molecule has 1 saturated heterocycles. The molecule has 13 nitrogen and oxygen atoms in total. The Morgan fingerprint density at radius 2 is 1.70 bits per heavy atom. The number of rotatable bonds is 20. The second kappa shape index (κ2) is 21.6. The highest BCUT2D eigenvalue weighted by Gasteiger charge is 2.47. The van der Waals surface area contributed by atoms with Crippen molar-refractivity contribution in [1.29, 1.82) is 10.5 Å². The van der Waals surface area contributed by atoms with Crippen LogP contribution in [0.4, 0.5) is 13.2 Å². The molecular formula is C42H39F3N5O8PS. The summed E-state index contributed by atoms with van der Waals surface area (Å²) in [6.07, 6.45) is 10.9. The van der Waals surface area contributed by atoms with Crippen LogP contribution in [-0.4, -0.2) is 64.0 Å². The summed E-state index contributed by atoms with van der Waals surface area (Å²) in [5.41, 5.74) is -1.55. The SMILES string of the molecule is C=CCOP(=O)(OCC=C)OCc1cc(C#N)ccc1C(=O)OC(Cn1cncn1)(c1ccc(F)cc1F)C(C)SC1COC(C=CC=Cc2ccc(C#N)cc2F)OC1. The molecule has 4 aromatic rings. The Morgan fingerprint density at radius 3 is 2.33 bits per heavy atom. The van der Waals surface area contributed by atoms with Crippen LogP contribution >= 0.6 is 19.6 Å². The van der Waals surface area contributed by atoms with E-state index in [9.17, 15) is 23.4 Å². The standard InChI is InChI=1S/C42H39F3N5O8PS/c1-4-16-55-59(52,56-17-5-2)57-23-33-18-30(21-46)11-14-36(33)41(51)58-42(26-50-28-48-27-49-50,37-15-13-34(43)20-39(37)45)29(3)60-35-24-53-40(54-25-35)9-7-6-8-32-12-10-31(22-47)19-38(32)44/h4-15,18-20,27-29,35,40H,1-2,16-17,23-26H2,3H3. The number of hydrogen-bond donors (Lipinski definition) is 0. The third-order valence-electron chi connectivity index (χ3n) is 8.79. The van der Waals surface area contributed by atoms with Crippen molar-refractivity contribution in [3.8, 4) is 12.1 Å². The molecule has 312 valence electrons. The Hall–Kier alpha value is -5.62. The zero-order valence-electron chi connectivity index (χ0n) is 32.2. The number of benzene rings is 3. The van der Waals surface area contributed by atoms with Gasteiger partial charge >= 0.3 is 13.8 Å². The van der Waals surface area contributed by atoms with Crippen LogP contribution in [0.2, 0.25) is 0 Å². The molecule has 0 N–H and O–H groups in total. The lowest BCUT2D eigenvalue weighted by Crippen LogP contribution is -2.47. The number of aromatic nitrogens is 3. The van der Waals surface area contributed by atoms with Crippen LogP contribution in [0, 0.1) is 40.1 Å². The van der Waals surface area contributed by atoms with Crippen molar-refractivity contribution in [2.24, 2.45) is 0 Å². The van der Waals surface area contributed by atoms with Gasteiger partial charge in [-0.25, -0.2) is 32.2 Å². The van der Waals surface area contributed by atoms with Crippen molar-refractivity contribution >= 4 is 31.6 Å². The second-order valence-corrected chi connectivity index (χ2v) is 16.2. The van der Waals surface area contributed by atoms with Gasteiger partial charge < -0.3 is 14.2 Å². The van der Waals surface area contributed by atoms with E-state index < -0.39 is 55.0 Å². The average Bonchev–Trinajstić information content (AvgIpc) is 3.76. The number of nitrogens with zero attached hydrogens (tertiary/aromatic N) is 5. The van der Waals surface area contributed by atoms with E-state index in [1.165, 1.54) is 83.7 Å². The van der Waals surface area contributed by atoms with Crippen molar-refractivity contribution < 1.29 is 50.3 Å². The topological polar surface area (TPSA) is 168 Å². The summed E-state index contributed by atoms with van der Waals surface area (Å²) in [4.78, 5) is 18.5. The van der Waals surface area contributed by atoms with Gasteiger partial charge in [0, 0.05) is 22.4 Å². The number of halogens is 3. The number of carbonyl (C=O) groups excluding carboxylic acids is 1. The first-order valence-electron chi connectivity index (χ1n) is 18.2. The predicted molar refractivity (Wildman–Crippen MR) is 215 cm³/mol. The van der Waals surface area contributed by atoms with Crippen molar-refractivity contribution in [1.82, 2.24) is 14.8 Å². The van der Waals surface area contributed by atoms with E-state index in [0.717, 1.165) is 12.1 Å². The summed E-state index contributed by atoms with van der Waals surface area (Å²) in [6, 6.07) is 14.9. The summed E-state index contributed by atoms with van der Waals surface area (Å²) >= 11 is 1.26. The molecule has 2 heterocycles. The Balaban J connectivity index is 1.42. The van der Waals surface area contributed by atoms with Crippen LogP contribution in [0.3, 0.4) is 0 Å². The monoisotopic (exact) mass is 861 g/mol. The molecule has 18 heteroatoms. The Kier molecular flexibility index (Phi) is 16.4. The van der Waals surface area contributed by atoms with E-state index >= 15 is 4.39 Å². The van der Waals surface area contributed by atoms with Crippen LogP contribution in [0.1, 0.15) is 45.1 Å². The largest absolute Gasteiger partial charge is 0.475 e. The van der Waals surface area contributed by atoms with Gasteiger partial charge in [0.15, 0.2) is 11.9 Å². The van der Waals surface area contributed by atoms with Crippen LogP contribution in [0.25, 0.3) is 6.08 Å². The van der Waals surface area contributed by atoms with Crippen LogP contribution in [0.15, 0.2) is 111 Å². The van der Waals surface area contributed by atoms with Gasteiger partial charge in [-0.15, -0.1) is 24.9 Å². The first-order valence-corrected chi connectivity index (χ1v) is 20.6. The zero-order valence-corrected chi connectivity index (χ0v) is 33.9. The maximum Gasteiger partial charge on any atom is 0.475 e. The predicted octanol–water partition coefficient (Wildman–Crippen LogP) is 8.35. The Bertz CT molecular complexity index is 2330. The molecule has 1 fully saturated rings. The fraction of sp³-hybridized carbons (Fsp3) is 0.262. The minimum atomic E-state index is -4.24. The van der Waals surface area contributed by atoms with E-state index in [1.54, 1.807) is 25.2 Å². The molecule has 1 aromatic heterocycles. The molecule has 2 atom stereocenters. The molecule has 0 saturated carbocycles. The summed E-state index contributed by atoms with van der Waals surface area (Å²) in [6.45, 7) is 7.83. The summed E-state index contributed by atoms with van der Waals surface area (Å²) in [5, 5.41) is 21.6. The number of allylic oxidation sites excluding steroid dienone is 2. The zero-order chi connectivity index (χ0) is 43.1. The Labute approximate surface area is 348 Å². The number of ether oxygens (including phenoxy) is 3. The quantitative estimate of drug-likeness (QED) is 0.0360. The summed E-state index contributed by atoms with van der Waals surface area (Å²) in [5.74, 6) is -3.41. The van der Waals surface area contributed by atoms with Gasteiger partial charge in [-0.2, -0.15) is 15.6 Å². The minimum absolute atomic E-state index is 0.0586. The highest BCUT2D eigenvalue weighted by molar-refractivity contribution is 8.00. The molecule has 5 rings (SSSR count). The van der Waals surface area contributed by atoms with Crippen molar-refractivity contribution in [3.63, 3.8) is 0 Å². The van der Waals surface area contributed by atoms with E-state index in [2.05, 4.69) is 23.2 Å². The lowest BCUT2D eigenvalue weighted by molar-refractivity contribution is -0.146. The number of thioether (sulfide) groups is 1. The van der Waals surface area contributed by atoms with Gasteiger partial charge in [0.2, 0.25) is 0 Å². The fourth-order valence-corrected chi connectivity index (χ4v) is 8.33. The first-order chi connectivity index (χ1) is 28.9. The van der Waals surface area contributed by atoms with Gasteiger partial charge in [0.05, 0.1) is 73.7 Å².